The normalized spacial score (nSPS) is 11.6. The standard InChI is InChI=1S/C21H29N/c1-17-11-12-20(15-18(17)2)19(3)16-22(7)14-10-8-9-13-21(4,5)6/h8,10-12,15H,3,14,16H2,1-2,4-7H3. The zero-order chi connectivity index (χ0) is 16.8. The fraction of sp³-hybridized carbons (Fsp3) is 0.429. The third-order valence-electron chi connectivity index (χ3n) is 3.44. The van der Waals surface area contributed by atoms with Crippen LogP contribution in [0.5, 0.6) is 0 Å². The summed E-state index contributed by atoms with van der Waals surface area (Å²) in [6.45, 7) is 16.6. The van der Waals surface area contributed by atoms with Crippen molar-refractivity contribution in [2.45, 2.75) is 34.6 Å². The first-order valence-electron chi connectivity index (χ1n) is 7.81. The zero-order valence-electron chi connectivity index (χ0n) is 15.0. The Balaban J connectivity index is 2.52. The van der Waals surface area contributed by atoms with E-state index in [0.29, 0.717) is 0 Å². The second-order valence-corrected chi connectivity index (χ2v) is 7.02. The lowest BCUT2D eigenvalue weighted by molar-refractivity contribution is 0.419. The molecule has 0 amide bonds. The summed E-state index contributed by atoms with van der Waals surface area (Å²) in [5.41, 5.74) is 5.09. The van der Waals surface area contributed by atoms with Crippen molar-refractivity contribution in [2.24, 2.45) is 5.41 Å². The van der Waals surface area contributed by atoms with Gasteiger partial charge in [0.25, 0.3) is 0 Å². The summed E-state index contributed by atoms with van der Waals surface area (Å²) >= 11 is 0. The van der Waals surface area contributed by atoms with Gasteiger partial charge in [0, 0.05) is 18.5 Å². The van der Waals surface area contributed by atoms with Crippen LogP contribution < -0.4 is 0 Å². The molecule has 0 saturated heterocycles. The molecule has 0 fully saturated rings. The Kier molecular flexibility index (Phi) is 6.65. The molecule has 118 valence electrons. The molecule has 1 aromatic rings. The van der Waals surface area contributed by atoms with Gasteiger partial charge in [-0.25, -0.2) is 0 Å². The van der Waals surface area contributed by atoms with Crippen LogP contribution in [0.25, 0.3) is 5.57 Å². The first-order chi connectivity index (χ1) is 10.2. The summed E-state index contributed by atoms with van der Waals surface area (Å²) in [7, 11) is 2.10. The van der Waals surface area contributed by atoms with Gasteiger partial charge in [-0.2, -0.15) is 0 Å². The molecule has 1 aromatic carbocycles. The first kappa shape index (κ1) is 18.3. The number of hydrogen-bond acceptors (Lipinski definition) is 1. The lowest BCUT2D eigenvalue weighted by Gasteiger charge is -2.17. The Hall–Kier alpha value is -1.78. The predicted octanol–water partition coefficient (Wildman–Crippen LogP) is 4.85. The molecule has 0 aliphatic rings. The highest BCUT2D eigenvalue weighted by Crippen LogP contribution is 2.17. The number of rotatable bonds is 5. The van der Waals surface area contributed by atoms with Gasteiger partial charge in [0.05, 0.1) is 0 Å². The summed E-state index contributed by atoms with van der Waals surface area (Å²) in [6.07, 6.45) is 4.05. The molecule has 0 bridgehead atoms. The van der Waals surface area contributed by atoms with Crippen LogP contribution >= 0.6 is 0 Å². The van der Waals surface area contributed by atoms with Crippen molar-refractivity contribution in [3.8, 4) is 11.8 Å². The highest BCUT2D eigenvalue weighted by atomic mass is 15.1. The highest BCUT2D eigenvalue weighted by Gasteiger charge is 2.04. The van der Waals surface area contributed by atoms with Gasteiger partial charge < -0.3 is 0 Å². The van der Waals surface area contributed by atoms with Gasteiger partial charge in [-0.05, 0) is 70.0 Å². The molecular weight excluding hydrogens is 266 g/mol. The predicted molar refractivity (Wildman–Crippen MR) is 98.8 cm³/mol. The molecule has 1 rings (SSSR count). The molecule has 1 nitrogen and oxygen atoms in total. The molecule has 22 heavy (non-hydrogen) atoms. The number of aryl methyl sites for hydroxylation is 2. The Morgan fingerprint density at radius 2 is 1.91 bits per heavy atom. The lowest BCUT2D eigenvalue weighted by atomic mass is 9.98. The van der Waals surface area contributed by atoms with E-state index in [-0.39, 0.29) is 5.41 Å². The van der Waals surface area contributed by atoms with Crippen molar-refractivity contribution < 1.29 is 0 Å². The minimum Gasteiger partial charge on any atom is -0.298 e. The van der Waals surface area contributed by atoms with Crippen molar-refractivity contribution in [2.75, 3.05) is 20.1 Å². The molecule has 0 N–H and O–H groups in total. The second kappa shape index (κ2) is 8.01. The van der Waals surface area contributed by atoms with Gasteiger partial charge in [0.1, 0.15) is 0 Å². The van der Waals surface area contributed by atoms with E-state index in [0.717, 1.165) is 18.7 Å². The maximum atomic E-state index is 4.22. The first-order valence-corrected chi connectivity index (χ1v) is 7.81. The van der Waals surface area contributed by atoms with E-state index >= 15 is 0 Å². The molecule has 1 heteroatoms. The van der Waals surface area contributed by atoms with Gasteiger partial charge in [-0.3, -0.25) is 4.90 Å². The van der Waals surface area contributed by atoms with Gasteiger partial charge in [0.15, 0.2) is 0 Å². The Labute approximate surface area is 136 Å². The van der Waals surface area contributed by atoms with E-state index in [1.807, 2.05) is 6.08 Å². The molecule has 0 aliphatic heterocycles. The monoisotopic (exact) mass is 295 g/mol. The third kappa shape index (κ3) is 6.78. The minimum atomic E-state index is 0.0633. The number of benzene rings is 1. The van der Waals surface area contributed by atoms with Crippen LogP contribution in [-0.2, 0) is 0 Å². The van der Waals surface area contributed by atoms with Gasteiger partial charge in [-0.1, -0.05) is 42.7 Å². The topological polar surface area (TPSA) is 3.24 Å². The van der Waals surface area contributed by atoms with Gasteiger partial charge in [-0.15, -0.1) is 0 Å². The van der Waals surface area contributed by atoms with Crippen molar-refractivity contribution in [1.29, 1.82) is 0 Å². The van der Waals surface area contributed by atoms with Crippen LogP contribution in [0, 0.1) is 31.1 Å². The van der Waals surface area contributed by atoms with Gasteiger partial charge in [0.2, 0.25) is 0 Å². The third-order valence-corrected chi connectivity index (χ3v) is 3.44. The molecule has 0 aliphatic carbocycles. The van der Waals surface area contributed by atoms with Crippen LogP contribution in [0.4, 0.5) is 0 Å². The number of nitrogens with zero attached hydrogens (tertiary/aromatic N) is 1. The average molecular weight is 295 g/mol. The van der Waals surface area contributed by atoms with E-state index in [9.17, 15) is 0 Å². The number of hydrogen-bond donors (Lipinski definition) is 0. The van der Waals surface area contributed by atoms with E-state index in [1.165, 1.54) is 16.7 Å². The van der Waals surface area contributed by atoms with E-state index < -0.39 is 0 Å². The summed E-state index contributed by atoms with van der Waals surface area (Å²) in [5.74, 6) is 6.30. The summed E-state index contributed by atoms with van der Waals surface area (Å²) in [6, 6.07) is 6.54. The molecular formula is C21H29N. The zero-order valence-corrected chi connectivity index (χ0v) is 15.0. The quantitative estimate of drug-likeness (QED) is 0.702. The molecule has 0 atom stereocenters. The average Bonchev–Trinajstić information content (AvgIpc) is 2.40. The van der Waals surface area contributed by atoms with Crippen molar-refractivity contribution >= 4 is 5.57 Å². The smallest absolute Gasteiger partial charge is 0.0234 e. The Morgan fingerprint density at radius 1 is 1.23 bits per heavy atom. The minimum absolute atomic E-state index is 0.0633. The van der Waals surface area contributed by atoms with E-state index in [1.54, 1.807) is 0 Å². The second-order valence-electron chi connectivity index (χ2n) is 7.02. The van der Waals surface area contributed by atoms with Crippen LogP contribution in [0.1, 0.15) is 37.5 Å². The summed E-state index contributed by atoms with van der Waals surface area (Å²) in [5, 5.41) is 0. The van der Waals surface area contributed by atoms with Crippen LogP contribution in [0.3, 0.4) is 0 Å². The van der Waals surface area contributed by atoms with Crippen molar-refractivity contribution in [1.82, 2.24) is 4.90 Å². The number of allylic oxidation sites excluding steroid dienone is 1. The molecule has 0 unspecified atom stereocenters. The SMILES string of the molecule is C=C(CN(C)CC=CC#CC(C)(C)C)c1ccc(C)c(C)c1. The Bertz CT molecular complexity index is 603. The number of likely N-dealkylation sites (N-methyl/N-ethyl adjacent to an activating group) is 1. The molecule has 0 aromatic heterocycles. The summed E-state index contributed by atoms with van der Waals surface area (Å²) < 4.78 is 0. The lowest BCUT2D eigenvalue weighted by Crippen LogP contribution is -2.20. The maximum Gasteiger partial charge on any atom is 0.0234 e. The van der Waals surface area contributed by atoms with Crippen LogP contribution in [-0.4, -0.2) is 25.0 Å². The molecule has 0 radical (unpaired) electrons. The van der Waals surface area contributed by atoms with Gasteiger partial charge >= 0.3 is 0 Å². The van der Waals surface area contributed by atoms with Crippen LogP contribution in [0.2, 0.25) is 0 Å². The van der Waals surface area contributed by atoms with Crippen molar-refractivity contribution in [3.05, 3.63) is 53.6 Å². The maximum absolute atomic E-state index is 4.22. The van der Waals surface area contributed by atoms with Crippen molar-refractivity contribution in [3.63, 3.8) is 0 Å². The molecule has 0 saturated carbocycles. The fourth-order valence-corrected chi connectivity index (χ4v) is 1.99. The summed E-state index contributed by atoms with van der Waals surface area (Å²) in [4.78, 5) is 2.24. The molecule has 0 heterocycles. The fourth-order valence-electron chi connectivity index (χ4n) is 1.99. The largest absolute Gasteiger partial charge is 0.298 e. The Morgan fingerprint density at radius 3 is 2.50 bits per heavy atom. The van der Waals surface area contributed by atoms with E-state index in [2.05, 4.69) is 89.3 Å². The highest BCUT2D eigenvalue weighted by molar-refractivity contribution is 5.65. The van der Waals surface area contributed by atoms with Crippen LogP contribution in [0.15, 0.2) is 36.9 Å². The van der Waals surface area contributed by atoms with E-state index in [4.69, 9.17) is 0 Å². The molecule has 0 spiro atoms.